The van der Waals surface area contributed by atoms with Gasteiger partial charge in [-0.25, -0.2) is 16.8 Å². The molecule has 1 aliphatic rings. The normalized spacial score (nSPS) is 14.8. The summed E-state index contributed by atoms with van der Waals surface area (Å²) in [7, 11) is -7.66. The first-order valence-corrected chi connectivity index (χ1v) is 14.7. The molecule has 1 saturated heterocycles. The number of para-hydroxylation sites is 1. The van der Waals surface area contributed by atoms with Gasteiger partial charge in [0, 0.05) is 18.8 Å². The highest BCUT2D eigenvalue weighted by atomic mass is 35.5. The van der Waals surface area contributed by atoms with Crippen LogP contribution in [0.1, 0.15) is 29.6 Å². The molecular weight excluding hydrogens is 545 g/mol. The highest BCUT2D eigenvalue weighted by molar-refractivity contribution is 7.92. The number of rotatable bonds is 7. The molecule has 36 heavy (non-hydrogen) atoms. The molecule has 1 amide bonds. The number of nitrogens with zero attached hydrogens (tertiary/aromatic N) is 1. The second-order valence-corrected chi connectivity index (χ2v) is 12.6. The number of nitrogens with one attached hydrogen (secondary N) is 2. The van der Waals surface area contributed by atoms with Gasteiger partial charge in [-0.15, -0.1) is 0 Å². The fourth-order valence-corrected chi connectivity index (χ4v) is 6.82. The zero-order chi connectivity index (χ0) is 25.9. The average molecular weight is 569 g/mol. The van der Waals surface area contributed by atoms with Crippen molar-refractivity contribution >= 4 is 60.5 Å². The van der Waals surface area contributed by atoms with E-state index >= 15 is 0 Å². The van der Waals surface area contributed by atoms with E-state index in [1.165, 1.54) is 52.8 Å². The Morgan fingerprint density at radius 1 is 0.778 bits per heavy atom. The highest BCUT2D eigenvalue weighted by Gasteiger charge is 2.27. The zero-order valence-electron chi connectivity index (χ0n) is 18.9. The van der Waals surface area contributed by atoms with Crippen molar-refractivity contribution in [2.75, 3.05) is 23.1 Å². The first-order chi connectivity index (χ1) is 17.1. The van der Waals surface area contributed by atoms with E-state index in [0.717, 1.165) is 19.3 Å². The lowest BCUT2D eigenvalue weighted by Gasteiger charge is -2.26. The van der Waals surface area contributed by atoms with E-state index in [1.807, 2.05) is 0 Å². The highest BCUT2D eigenvalue weighted by Crippen LogP contribution is 2.27. The second kappa shape index (κ2) is 10.8. The third-order valence-electron chi connectivity index (χ3n) is 5.68. The Morgan fingerprint density at radius 2 is 1.42 bits per heavy atom. The summed E-state index contributed by atoms with van der Waals surface area (Å²) in [6, 6.07) is 16.0. The molecule has 8 nitrogen and oxygen atoms in total. The molecule has 0 bridgehead atoms. The van der Waals surface area contributed by atoms with Crippen molar-refractivity contribution in [3.63, 3.8) is 0 Å². The number of benzene rings is 3. The molecule has 2 N–H and O–H groups in total. The molecule has 0 unspecified atom stereocenters. The smallest absolute Gasteiger partial charge is 0.261 e. The maximum Gasteiger partial charge on any atom is 0.261 e. The molecule has 0 aromatic heterocycles. The molecule has 4 rings (SSSR count). The topological polar surface area (TPSA) is 113 Å². The number of hydrogen-bond donors (Lipinski definition) is 2. The van der Waals surface area contributed by atoms with Crippen LogP contribution in [0.25, 0.3) is 0 Å². The Morgan fingerprint density at radius 3 is 2.08 bits per heavy atom. The summed E-state index contributed by atoms with van der Waals surface area (Å²) in [5.74, 6) is -0.625. The van der Waals surface area contributed by atoms with Crippen molar-refractivity contribution in [2.45, 2.75) is 29.1 Å². The SMILES string of the molecule is O=C(Nc1ccc(S(=O)(=O)Nc2ccccc2Cl)cc1)c1cc(S(=O)(=O)N2CCCCC2)ccc1Cl. The summed E-state index contributed by atoms with van der Waals surface area (Å²) in [5.41, 5.74) is 0.537. The number of sulfonamides is 2. The maximum atomic E-state index is 13.0. The van der Waals surface area contributed by atoms with Crippen LogP contribution in [0.2, 0.25) is 10.0 Å². The third kappa shape index (κ3) is 5.84. The van der Waals surface area contributed by atoms with E-state index in [1.54, 1.807) is 18.2 Å². The molecule has 12 heteroatoms. The van der Waals surface area contributed by atoms with Crippen molar-refractivity contribution < 1.29 is 21.6 Å². The summed E-state index contributed by atoms with van der Waals surface area (Å²) >= 11 is 12.2. The predicted octanol–water partition coefficient (Wildman–Crippen LogP) is 5.22. The number of anilines is 2. The van der Waals surface area contributed by atoms with Crippen molar-refractivity contribution in [1.82, 2.24) is 4.31 Å². The minimum atomic E-state index is -3.91. The van der Waals surface area contributed by atoms with Gasteiger partial charge in [-0.2, -0.15) is 4.31 Å². The van der Waals surface area contributed by atoms with Gasteiger partial charge in [-0.1, -0.05) is 41.8 Å². The largest absolute Gasteiger partial charge is 0.322 e. The lowest BCUT2D eigenvalue weighted by atomic mass is 10.2. The lowest BCUT2D eigenvalue weighted by Crippen LogP contribution is -2.35. The van der Waals surface area contributed by atoms with Crippen molar-refractivity contribution in [3.05, 3.63) is 82.3 Å². The summed E-state index contributed by atoms with van der Waals surface area (Å²) < 4.78 is 55.2. The van der Waals surface area contributed by atoms with Crippen LogP contribution in [0.3, 0.4) is 0 Å². The fourth-order valence-electron chi connectivity index (χ4n) is 3.76. The first kappa shape index (κ1) is 26.4. The summed E-state index contributed by atoms with van der Waals surface area (Å²) in [6.45, 7) is 0.875. The van der Waals surface area contributed by atoms with Crippen LogP contribution in [0.4, 0.5) is 11.4 Å². The van der Waals surface area contributed by atoms with Crippen LogP contribution < -0.4 is 10.0 Å². The van der Waals surface area contributed by atoms with E-state index in [0.29, 0.717) is 18.8 Å². The van der Waals surface area contributed by atoms with E-state index in [4.69, 9.17) is 23.2 Å². The molecule has 3 aromatic rings. The predicted molar refractivity (Wildman–Crippen MR) is 141 cm³/mol. The van der Waals surface area contributed by atoms with E-state index in [-0.39, 0.29) is 31.1 Å². The minimum absolute atomic E-state index is 0.00756. The first-order valence-electron chi connectivity index (χ1n) is 11.1. The Balaban J connectivity index is 1.51. The van der Waals surface area contributed by atoms with Crippen molar-refractivity contribution in [2.24, 2.45) is 0 Å². The average Bonchev–Trinajstić information content (AvgIpc) is 2.86. The van der Waals surface area contributed by atoms with Gasteiger partial charge in [-0.05, 0) is 67.4 Å². The minimum Gasteiger partial charge on any atom is -0.322 e. The molecular formula is C24H23Cl2N3O5S2. The van der Waals surface area contributed by atoms with E-state index in [9.17, 15) is 21.6 Å². The molecule has 190 valence electrons. The molecule has 0 atom stereocenters. The van der Waals surface area contributed by atoms with Crippen LogP contribution >= 0.6 is 23.2 Å². The maximum absolute atomic E-state index is 13.0. The summed E-state index contributed by atoms with van der Waals surface area (Å²) in [6.07, 6.45) is 2.57. The van der Waals surface area contributed by atoms with Crippen LogP contribution in [0.5, 0.6) is 0 Å². The van der Waals surface area contributed by atoms with Gasteiger partial charge in [-0.3, -0.25) is 9.52 Å². The number of hydrogen-bond acceptors (Lipinski definition) is 5. The third-order valence-corrected chi connectivity index (χ3v) is 9.61. The van der Waals surface area contributed by atoms with Gasteiger partial charge in [0.25, 0.3) is 15.9 Å². The number of amides is 1. The van der Waals surface area contributed by atoms with Gasteiger partial charge in [0.05, 0.1) is 31.1 Å². The standard InChI is InChI=1S/C24H23Cl2N3O5S2/c25-21-13-12-19(36(33,34)29-14-4-1-5-15-29)16-20(21)24(30)27-17-8-10-18(11-9-17)35(31,32)28-23-7-3-2-6-22(23)26/h2-3,6-13,16,28H,1,4-5,14-15H2,(H,27,30). The summed E-state index contributed by atoms with van der Waals surface area (Å²) in [4.78, 5) is 12.9. The van der Waals surface area contributed by atoms with Crippen LogP contribution in [0, 0.1) is 0 Å². The molecule has 1 fully saturated rings. The molecule has 3 aromatic carbocycles. The van der Waals surface area contributed by atoms with Crippen molar-refractivity contribution in [3.8, 4) is 0 Å². The van der Waals surface area contributed by atoms with Gasteiger partial charge in [0.1, 0.15) is 0 Å². The number of carbonyl (C=O) groups excluding carboxylic acids is 1. The quantitative estimate of drug-likeness (QED) is 0.406. The lowest BCUT2D eigenvalue weighted by molar-refractivity contribution is 0.102. The number of carbonyl (C=O) groups is 1. The monoisotopic (exact) mass is 567 g/mol. The zero-order valence-corrected chi connectivity index (χ0v) is 22.1. The van der Waals surface area contributed by atoms with Gasteiger partial charge in [0.15, 0.2) is 0 Å². The Bertz CT molecular complexity index is 1490. The second-order valence-electron chi connectivity index (χ2n) is 8.17. The summed E-state index contributed by atoms with van der Waals surface area (Å²) in [5, 5.41) is 2.97. The number of halogens is 2. The van der Waals surface area contributed by atoms with E-state index < -0.39 is 26.0 Å². The molecule has 0 aliphatic carbocycles. The number of piperidine rings is 1. The van der Waals surface area contributed by atoms with Crippen LogP contribution in [-0.2, 0) is 20.0 Å². The Kier molecular flexibility index (Phi) is 7.91. The van der Waals surface area contributed by atoms with Gasteiger partial charge >= 0.3 is 0 Å². The van der Waals surface area contributed by atoms with E-state index in [2.05, 4.69) is 10.0 Å². The van der Waals surface area contributed by atoms with Gasteiger partial charge in [0.2, 0.25) is 10.0 Å². The van der Waals surface area contributed by atoms with Gasteiger partial charge < -0.3 is 5.32 Å². The molecule has 0 spiro atoms. The van der Waals surface area contributed by atoms with Crippen LogP contribution in [-0.4, -0.2) is 40.1 Å². The molecule has 1 aliphatic heterocycles. The Labute approximate surface area is 220 Å². The fraction of sp³-hybridized carbons (Fsp3) is 0.208. The van der Waals surface area contributed by atoms with Crippen molar-refractivity contribution in [1.29, 1.82) is 0 Å². The molecule has 1 heterocycles. The molecule has 0 radical (unpaired) electrons. The molecule has 0 saturated carbocycles. The van der Waals surface area contributed by atoms with Crippen LogP contribution in [0.15, 0.2) is 76.5 Å². The Hall–Kier alpha value is -2.63.